The first-order chi connectivity index (χ1) is 19.7. The molecule has 2 aromatic carbocycles. The number of piperazine rings is 1. The molecule has 2 fully saturated rings. The summed E-state index contributed by atoms with van der Waals surface area (Å²) in [5, 5.41) is 2.96. The molecule has 0 saturated carbocycles. The number of hydrogen-bond acceptors (Lipinski definition) is 6. The Kier molecular flexibility index (Phi) is 10.6. The first kappa shape index (κ1) is 30.7. The molecule has 0 bridgehead atoms. The standard InChI is InChI=1S/C33H45N3O5/c1-32(2,3)41-29(37)17-21-36-30(38)28(25-40-24-27-15-8-5-9-16-27)34-31(39)33(36)18-22-35(23-19-33)20-11-10-14-26-12-6-4-7-13-26/h4-9,12-13,15-16,28H,10-11,14,17-25H2,1-3H3,(H,34,39). The van der Waals surface area contributed by atoms with Gasteiger partial charge in [0.05, 0.1) is 19.6 Å². The molecule has 222 valence electrons. The Bertz CT molecular complexity index is 1140. The van der Waals surface area contributed by atoms with Gasteiger partial charge in [0.1, 0.15) is 17.2 Å². The first-order valence-corrected chi connectivity index (χ1v) is 14.9. The fraction of sp³-hybridized carbons (Fsp3) is 0.545. The molecular formula is C33H45N3O5. The highest BCUT2D eigenvalue weighted by Gasteiger charge is 2.53. The second kappa shape index (κ2) is 14.1. The molecule has 2 aromatic rings. The number of ether oxygens (including phenoxy) is 2. The Labute approximate surface area is 244 Å². The molecule has 1 atom stereocenters. The van der Waals surface area contributed by atoms with E-state index in [0.717, 1.165) is 44.5 Å². The normalized spacial score (nSPS) is 19.3. The van der Waals surface area contributed by atoms with E-state index in [1.54, 1.807) is 4.90 Å². The summed E-state index contributed by atoms with van der Waals surface area (Å²) >= 11 is 0. The highest BCUT2D eigenvalue weighted by atomic mass is 16.6. The molecule has 41 heavy (non-hydrogen) atoms. The second-order valence-corrected chi connectivity index (χ2v) is 12.2. The lowest BCUT2D eigenvalue weighted by Gasteiger charge is -2.51. The van der Waals surface area contributed by atoms with Crippen molar-refractivity contribution in [1.29, 1.82) is 0 Å². The SMILES string of the molecule is CC(C)(C)OC(=O)CCN1C(=O)C(COCc2ccccc2)NC(=O)C12CCN(CCCCc1ccccc1)CC2. The number of carbonyl (C=O) groups is 3. The summed E-state index contributed by atoms with van der Waals surface area (Å²) < 4.78 is 11.3. The van der Waals surface area contributed by atoms with Crippen LogP contribution < -0.4 is 5.32 Å². The number of unbranched alkanes of at least 4 members (excludes halogenated alkanes) is 1. The van der Waals surface area contributed by atoms with Gasteiger partial charge < -0.3 is 24.6 Å². The third-order valence-corrected chi connectivity index (χ3v) is 7.88. The van der Waals surface area contributed by atoms with Gasteiger partial charge in [0, 0.05) is 19.6 Å². The van der Waals surface area contributed by atoms with Crippen molar-refractivity contribution in [3.05, 3.63) is 71.8 Å². The molecule has 0 aliphatic carbocycles. The number of nitrogens with one attached hydrogen (secondary N) is 1. The van der Waals surface area contributed by atoms with Crippen LogP contribution in [-0.2, 0) is 36.9 Å². The number of rotatable bonds is 12. The van der Waals surface area contributed by atoms with Crippen molar-refractivity contribution in [2.75, 3.05) is 32.8 Å². The molecule has 8 heteroatoms. The highest BCUT2D eigenvalue weighted by Crippen LogP contribution is 2.33. The molecule has 8 nitrogen and oxygen atoms in total. The zero-order valence-corrected chi connectivity index (χ0v) is 24.8. The van der Waals surface area contributed by atoms with Gasteiger partial charge in [0.25, 0.3) is 0 Å². The maximum absolute atomic E-state index is 13.8. The molecule has 1 unspecified atom stereocenters. The van der Waals surface area contributed by atoms with Gasteiger partial charge in [0.2, 0.25) is 11.8 Å². The number of likely N-dealkylation sites (tertiary alicyclic amines) is 1. The van der Waals surface area contributed by atoms with E-state index >= 15 is 0 Å². The van der Waals surface area contributed by atoms with Crippen LogP contribution in [0.4, 0.5) is 0 Å². The topological polar surface area (TPSA) is 88.2 Å². The highest BCUT2D eigenvalue weighted by molar-refractivity contribution is 6.00. The van der Waals surface area contributed by atoms with E-state index in [-0.39, 0.29) is 37.4 Å². The van der Waals surface area contributed by atoms with Gasteiger partial charge in [-0.15, -0.1) is 0 Å². The Morgan fingerprint density at radius 3 is 2.20 bits per heavy atom. The molecule has 2 heterocycles. The molecule has 2 aliphatic rings. The van der Waals surface area contributed by atoms with E-state index in [2.05, 4.69) is 34.5 Å². The van der Waals surface area contributed by atoms with Crippen LogP contribution in [-0.4, -0.2) is 77.6 Å². The molecule has 2 aliphatic heterocycles. The Balaban J connectivity index is 1.36. The lowest BCUT2D eigenvalue weighted by Crippen LogP contribution is -2.73. The number of piperidine rings is 1. The average Bonchev–Trinajstić information content (AvgIpc) is 2.95. The van der Waals surface area contributed by atoms with Crippen molar-refractivity contribution >= 4 is 17.8 Å². The summed E-state index contributed by atoms with van der Waals surface area (Å²) in [7, 11) is 0. The summed E-state index contributed by atoms with van der Waals surface area (Å²) in [5.41, 5.74) is 0.773. The van der Waals surface area contributed by atoms with Crippen LogP contribution in [0.15, 0.2) is 60.7 Å². The van der Waals surface area contributed by atoms with Crippen molar-refractivity contribution in [3.8, 4) is 0 Å². The number of nitrogens with zero attached hydrogens (tertiary/aromatic N) is 2. The number of amides is 2. The van der Waals surface area contributed by atoms with E-state index in [9.17, 15) is 14.4 Å². The minimum absolute atomic E-state index is 0.0405. The molecule has 1 spiro atoms. The Morgan fingerprint density at radius 1 is 0.927 bits per heavy atom. The molecule has 0 radical (unpaired) electrons. The number of carbonyl (C=O) groups excluding carboxylic acids is 3. The average molecular weight is 564 g/mol. The number of aryl methyl sites for hydroxylation is 1. The van der Waals surface area contributed by atoms with E-state index < -0.39 is 17.2 Å². The second-order valence-electron chi connectivity index (χ2n) is 12.2. The monoisotopic (exact) mass is 563 g/mol. The summed E-state index contributed by atoms with van der Waals surface area (Å²) in [4.78, 5) is 44.1. The van der Waals surface area contributed by atoms with E-state index in [1.165, 1.54) is 5.56 Å². The van der Waals surface area contributed by atoms with Gasteiger partial charge in [0.15, 0.2) is 0 Å². The predicted molar refractivity (Wildman–Crippen MR) is 158 cm³/mol. The Hall–Kier alpha value is -3.23. The fourth-order valence-corrected chi connectivity index (χ4v) is 5.73. The van der Waals surface area contributed by atoms with Crippen LogP contribution in [0.25, 0.3) is 0 Å². The van der Waals surface area contributed by atoms with Crippen LogP contribution in [0.5, 0.6) is 0 Å². The third kappa shape index (κ3) is 8.63. The maximum atomic E-state index is 13.8. The van der Waals surface area contributed by atoms with E-state index in [0.29, 0.717) is 19.4 Å². The zero-order chi connectivity index (χ0) is 29.3. The van der Waals surface area contributed by atoms with Crippen molar-refractivity contribution in [2.24, 2.45) is 0 Å². The summed E-state index contributed by atoms with van der Waals surface area (Å²) in [6.45, 7) is 8.45. The van der Waals surface area contributed by atoms with Gasteiger partial charge in [-0.3, -0.25) is 14.4 Å². The third-order valence-electron chi connectivity index (χ3n) is 7.88. The Morgan fingerprint density at radius 2 is 1.56 bits per heavy atom. The van der Waals surface area contributed by atoms with Crippen molar-refractivity contribution in [3.63, 3.8) is 0 Å². The summed E-state index contributed by atoms with van der Waals surface area (Å²) in [6, 6.07) is 19.4. The molecule has 2 amide bonds. The quantitative estimate of drug-likeness (QED) is 0.309. The molecular weight excluding hydrogens is 518 g/mol. The van der Waals surface area contributed by atoms with Crippen LogP contribution in [0.2, 0.25) is 0 Å². The largest absolute Gasteiger partial charge is 0.460 e. The van der Waals surface area contributed by atoms with Crippen LogP contribution >= 0.6 is 0 Å². The van der Waals surface area contributed by atoms with Gasteiger partial charge >= 0.3 is 5.97 Å². The van der Waals surface area contributed by atoms with Crippen LogP contribution in [0.1, 0.15) is 64.0 Å². The smallest absolute Gasteiger partial charge is 0.308 e. The van der Waals surface area contributed by atoms with Crippen LogP contribution in [0, 0.1) is 0 Å². The van der Waals surface area contributed by atoms with Crippen molar-refractivity contribution in [2.45, 2.75) is 83.1 Å². The van der Waals surface area contributed by atoms with Gasteiger partial charge in [-0.05, 0) is 70.5 Å². The lowest BCUT2D eigenvalue weighted by atomic mass is 9.81. The zero-order valence-electron chi connectivity index (χ0n) is 24.8. The van der Waals surface area contributed by atoms with E-state index in [4.69, 9.17) is 9.47 Å². The van der Waals surface area contributed by atoms with Gasteiger partial charge in [-0.25, -0.2) is 0 Å². The number of benzene rings is 2. The maximum Gasteiger partial charge on any atom is 0.308 e. The van der Waals surface area contributed by atoms with Crippen molar-refractivity contribution < 1.29 is 23.9 Å². The predicted octanol–water partition coefficient (Wildman–Crippen LogP) is 4.12. The summed E-state index contributed by atoms with van der Waals surface area (Å²) in [5.74, 6) is -0.727. The lowest BCUT2D eigenvalue weighted by molar-refractivity contribution is -0.166. The summed E-state index contributed by atoms with van der Waals surface area (Å²) in [6.07, 6.45) is 4.36. The number of hydrogen-bond donors (Lipinski definition) is 1. The fourth-order valence-electron chi connectivity index (χ4n) is 5.73. The minimum Gasteiger partial charge on any atom is -0.460 e. The molecule has 0 aromatic heterocycles. The molecule has 2 saturated heterocycles. The minimum atomic E-state index is -0.963. The van der Waals surface area contributed by atoms with E-state index in [1.807, 2.05) is 57.2 Å². The van der Waals surface area contributed by atoms with Gasteiger partial charge in [-0.1, -0.05) is 60.7 Å². The molecule has 1 N–H and O–H groups in total. The molecule has 4 rings (SSSR count). The van der Waals surface area contributed by atoms with Crippen LogP contribution in [0.3, 0.4) is 0 Å². The van der Waals surface area contributed by atoms with Crippen molar-refractivity contribution in [1.82, 2.24) is 15.1 Å². The van der Waals surface area contributed by atoms with Gasteiger partial charge in [-0.2, -0.15) is 0 Å². The number of esters is 1. The first-order valence-electron chi connectivity index (χ1n) is 14.9.